The van der Waals surface area contributed by atoms with Crippen molar-refractivity contribution in [2.45, 2.75) is 32.6 Å². The number of carbonyl (C=O) groups is 3. The number of hydrogen-bond donors (Lipinski definition) is 2. The van der Waals surface area contributed by atoms with Crippen molar-refractivity contribution in [1.82, 2.24) is 4.90 Å². The molecule has 2 N–H and O–H groups in total. The number of urea groups is 1. The number of aliphatic carboxylic acids is 1. The van der Waals surface area contributed by atoms with Gasteiger partial charge in [-0.05, 0) is 36.6 Å². The maximum Gasteiger partial charge on any atom is 0.341 e. The van der Waals surface area contributed by atoms with E-state index in [1.165, 1.54) is 30.2 Å². The molecular formula is C16H22N2O5S. The molecule has 24 heavy (non-hydrogen) atoms. The van der Waals surface area contributed by atoms with Crippen molar-refractivity contribution in [1.29, 1.82) is 0 Å². The van der Waals surface area contributed by atoms with Crippen molar-refractivity contribution >= 4 is 34.3 Å². The van der Waals surface area contributed by atoms with Gasteiger partial charge in [0.1, 0.15) is 5.00 Å². The fourth-order valence-corrected chi connectivity index (χ4v) is 3.36. The van der Waals surface area contributed by atoms with Gasteiger partial charge in [0.05, 0.1) is 18.1 Å². The largest absolute Gasteiger partial charge is 0.481 e. The fourth-order valence-electron chi connectivity index (χ4n) is 2.34. The molecule has 1 aromatic heterocycles. The molecule has 132 valence electrons. The van der Waals surface area contributed by atoms with E-state index in [9.17, 15) is 14.4 Å². The molecule has 8 heteroatoms. The number of amides is 2. The highest BCUT2D eigenvalue weighted by atomic mass is 32.1. The number of rotatable bonds is 7. The molecular weight excluding hydrogens is 332 g/mol. The minimum atomic E-state index is -0.964. The van der Waals surface area contributed by atoms with Crippen LogP contribution in [0.5, 0.6) is 0 Å². The predicted molar refractivity (Wildman–Crippen MR) is 90.7 cm³/mol. The zero-order valence-corrected chi connectivity index (χ0v) is 14.8. The number of thiophene rings is 1. The van der Waals surface area contributed by atoms with Crippen LogP contribution in [0, 0.1) is 5.92 Å². The average molecular weight is 354 g/mol. The molecule has 1 aliphatic rings. The van der Waals surface area contributed by atoms with Crippen molar-refractivity contribution in [2.24, 2.45) is 5.92 Å². The van der Waals surface area contributed by atoms with Gasteiger partial charge < -0.3 is 14.7 Å². The Balaban J connectivity index is 2.12. The lowest BCUT2D eigenvalue weighted by molar-refractivity contribution is -0.141. The third-order valence-corrected chi connectivity index (χ3v) is 4.77. The van der Waals surface area contributed by atoms with Gasteiger partial charge in [0, 0.05) is 13.6 Å². The number of nitrogens with one attached hydrogen (secondary N) is 1. The van der Waals surface area contributed by atoms with E-state index >= 15 is 0 Å². The third-order valence-electron chi connectivity index (χ3n) is 3.85. The number of esters is 1. The van der Waals surface area contributed by atoms with E-state index < -0.39 is 23.9 Å². The van der Waals surface area contributed by atoms with Crippen LogP contribution in [0.25, 0.3) is 0 Å². The summed E-state index contributed by atoms with van der Waals surface area (Å²) in [7, 11) is 1.52. The Morgan fingerprint density at radius 2 is 2.12 bits per heavy atom. The molecule has 0 aromatic carbocycles. The first-order valence-corrected chi connectivity index (χ1v) is 8.76. The van der Waals surface area contributed by atoms with Crippen LogP contribution in [0.1, 0.15) is 48.5 Å². The first-order chi connectivity index (χ1) is 11.3. The number of hydrogen-bond acceptors (Lipinski definition) is 5. The molecule has 2 amide bonds. The van der Waals surface area contributed by atoms with Gasteiger partial charge in [0.2, 0.25) is 0 Å². The molecule has 2 rings (SSSR count). The summed E-state index contributed by atoms with van der Waals surface area (Å²) < 4.78 is 5.11. The summed E-state index contributed by atoms with van der Waals surface area (Å²) in [5.41, 5.74) is 1.35. The molecule has 1 saturated carbocycles. The van der Waals surface area contributed by atoms with Gasteiger partial charge in [-0.2, -0.15) is 0 Å². The molecule has 1 atom stereocenters. The summed E-state index contributed by atoms with van der Waals surface area (Å²) in [6, 6.07) is -0.446. The van der Waals surface area contributed by atoms with Crippen LogP contribution in [0.15, 0.2) is 5.38 Å². The fraction of sp³-hybridized carbons (Fsp3) is 0.562. The first kappa shape index (κ1) is 18.3. The van der Waals surface area contributed by atoms with Gasteiger partial charge in [-0.1, -0.05) is 6.92 Å². The van der Waals surface area contributed by atoms with E-state index in [2.05, 4.69) is 5.32 Å². The minimum Gasteiger partial charge on any atom is -0.481 e. The van der Waals surface area contributed by atoms with Crippen LogP contribution in [0.3, 0.4) is 0 Å². The molecule has 1 fully saturated rings. The standard InChI is InChI=1S/C16H22N2O5S/c1-4-23-15(21)12-11(10-5-6-10)8-24-13(12)17-16(22)18(3)7-9(2)14(19)20/h8-10H,4-7H2,1-3H3,(H,17,22)(H,19,20). The second-order valence-corrected chi connectivity index (χ2v) is 6.82. The summed E-state index contributed by atoms with van der Waals surface area (Å²) in [5.74, 6) is -1.71. The van der Waals surface area contributed by atoms with E-state index in [0.29, 0.717) is 16.5 Å². The van der Waals surface area contributed by atoms with Crippen molar-refractivity contribution in [2.75, 3.05) is 25.5 Å². The van der Waals surface area contributed by atoms with Crippen LogP contribution in [-0.2, 0) is 9.53 Å². The monoisotopic (exact) mass is 354 g/mol. The normalized spacial score (nSPS) is 14.8. The summed E-state index contributed by atoms with van der Waals surface area (Å²) in [5, 5.41) is 14.0. The average Bonchev–Trinajstić information content (AvgIpc) is 3.28. The lowest BCUT2D eigenvalue weighted by atomic mass is 10.1. The number of carboxylic acids is 1. The topological polar surface area (TPSA) is 95.9 Å². The van der Waals surface area contributed by atoms with E-state index in [-0.39, 0.29) is 13.2 Å². The van der Waals surface area contributed by atoms with Gasteiger partial charge in [-0.3, -0.25) is 10.1 Å². The lowest BCUT2D eigenvalue weighted by Crippen LogP contribution is -2.36. The van der Waals surface area contributed by atoms with Crippen LogP contribution in [0.4, 0.5) is 9.80 Å². The van der Waals surface area contributed by atoms with Gasteiger partial charge in [0.15, 0.2) is 0 Å². The van der Waals surface area contributed by atoms with Gasteiger partial charge in [0.25, 0.3) is 0 Å². The molecule has 0 radical (unpaired) electrons. The van der Waals surface area contributed by atoms with Crippen molar-refractivity contribution in [3.63, 3.8) is 0 Å². The number of nitrogens with zero attached hydrogens (tertiary/aromatic N) is 1. The Morgan fingerprint density at radius 1 is 1.46 bits per heavy atom. The zero-order chi connectivity index (χ0) is 17.9. The smallest absolute Gasteiger partial charge is 0.341 e. The van der Waals surface area contributed by atoms with Crippen molar-refractivity contribution in [3.05, 3.63) is 16.5 Å². The third kappa shape index (κ3) is 4.25. The number of carbonyl (C=O) groups excluding carboxylic acids is 2. The maximum absolute atomic E-state index is 12.3. The van der Waals surface area contributed by atoms with Crippen LogP contribution < -0.4 is 5.32 Å². The van der Waals surface area contributed by atoms with Gasteiger partial charge in [-0.25, -0.2) is 9.59 Å². The second kappa shape index (κ2) is 7.65. The molecule has 1 aromatic rings. The predicted octanol–water partition coefficient (Wildman–Crippen LogP) is 2.99. The number of carboxylic acid groups (broad SMARTS) is 1. The second-order valence-electron chi connectivity index (χ2n) is 5.94. The molecule has 0 spiro atoms. The zero-order valence-electron chi connectivity index (χ0n) is 14.0. The summed E-state index contributed by atoms with van der Waals surface area (Å²) in [4.78, 5) is 36.7. The highest BCUT2D eigenvalue weighted by Gasteiger charge is 2.32. The van der Waals surface area contributed by atoms with E-state index in [0.717, 1.165) is 18.4 Å². The van der Waals surface area contributed by atoms with Crippen LogP contribution in [0.2, 0.25) is 0 Å². The molecule has 0 saturated heterocycles. The molecule has 1 heterocycles. The Hall–Kier alpha value is -2.09. The molecule has 0 aliphatic heterocycles. The first-order valence-electron chi connectivity index (χ1n) is 7.88. The highest BCUT2D eigenvalue weighted by molar-refractivity contribution is 7.15. The maximum atomic E-state index is 12.3. The Bertz CT molecular complexity index is 638. The molecule has 0 bridgehead atoms. The molecule has 1 aliphatic carbocycles. The SMILES string of the molecule is CCOC(=O)c1c(C2CC2)csc1NC(=O)N(C)CC(C)C(=O)O. The summed E-state index contributed by atoms with van der Waals surface area (Å²) >= 11 is 1.29. The van der Waals surface area contributed by atoms with Crippen molar-refractivity contribution < 1.29 is 24.2 Å². The van der Waals surface area contributed by atoms with Gasteiger partial charge in [-0.15, -0.1) is 11.3 Å². The van der Waals surface area contributed by atoms with E-state index in [1.807, 2.05) is 5.38 Å². The molecule has 7 nitrogen and oxygen atoms in total. The highest BCUT2D eigenvalue weighted by Crippen LogP contribution is 2.46. The van der Waals surface area contributed by atoms with E-state index in [1.54, 1.807) is 6.92 Å². The summed E-state index contributed by atoms with van der Waals surface area (Å²) in [6.45, 7) is 3.62. The van der Waals surface area contributed by atoms with Crippen LogP contribution >= 0.6 is 11.3 Å². The van der Waals surface area contributed by atoms with E-state index in [4.69, 9.17) is 9.84 Å². The van der Waals surface area contributed by atoms with Crippen LogP contribution in [-0.4, -0.2) is 48.2 Å². The minimum absolute atomic E-state index is 0.0801. The Kier molecular flexibility index (Phi) is 5.82. The Labute approximate surface area is 144 Å². The number of ether oxygens (including phenoxy) is 1. The Morgan fingerprint density at radius 3 is 2.67 bits per heavy atom. The molecule has 1 unspecified atom stereocenters. The van der Waals surface area contributed by atoms with Crippen molar-refractivity contribution in [3.8, 4) is 0 Å². The lowest BCUT2D eigenvalue weighted by Gasteiger charge is -2.20. The number of anilines is 1. The van der Waals surface area contributed by atoms with Gasteiger partial charge >= 0.3 is 18.0 Å². The summed E-state index contributed by atoms with van der Waals surface area (Å²) in [6.07, 6.45) is 2.07. The quantitative estimate of drug-likeness (QED) is 0.734.